The molecule has 0 atom stereocenters. The van der Waals surface area contributed by atoms with Gasteiger partial charge in [-0.15, -0.1) is 0 Å². The quantitative estimate of drug-likeness (QED) is 0.809. The Morgan fingerprint density at radius 1 is 1.29 bits per heavy atom. The maximum absolute atomic E-state index is 11.9. The second kappa shape index (κ2) is 6.06. The molecule has 1 aromatic heterocycles. The van der Waals surface area contributed by atoms with E-state index in [1.165, 1.54) is 20.4 Å². The number of hydrogen-bond acceptors (Lipinski definition) is 5. The van der Waals surface area contributed by atoms with Crippen molar-refractivity contribution in [1.29, 1.82) is 5.26 Å². The number of ether oxygens (including phenoxy) is 2. The highest BCUT2D eigenvalue weighted by molar-refractivity contribution is 5.98. The second-order valence-corrected chi connectivity index (χ2v) is 4.36. The monoisotopic (exact) mass is 282 g/mol. The normalized spacial score (nSPS) is 9.81. The Hall–Kier alpha value is -2.87. The van der Waals surface area contributed by atoms with Crippen molar-refractivity contribution in [1.82, 2.24) is 4.98 Å². The summed E-state index contributed by atoms with van der Waals surface area (Å²) in [5.41, 5.74) is 2.77. The van der Waals surface area contributed by atoms with Gasteiger partial charge < -0.3 is 9.47 Å². The minimum Gasteiger partial charge on any atom is -0.495 e. The number of para-hydroxylation sites is 1. The first-order valence-corrected chi connectivity index (χ1v) is 6.24. The number of aryl methyl sites for hydroxylation is 1. The van der Waals surface area contributed by atoms with Crippen LogP contribution in [0.5, 0.6) is 5.75 Å². The molecule has 0 unspecified atom stereocenters. The summed E-state index contributed by atoms with van der Waals surface area (Å²) in [5.74, 6) is -0.0577. The number of nitrogens with zero attached hydrogens (tertiary/aromatic N) is 2. The van der Waals surface area contributed by atoms with Crippen molar-refractivity contribution >= 4 is 5.97 Å². The van der Waals surface area contributed by atoms with E-state index in [0.29, 0.717) is 28.0 Å². The fourth-order valence-corrected chi connectivity index (χ4v) is 2.11. The topological polar surface area (TPSA) is 72.2 Å². The van der Waals surface area contributed by atoms with Gasteiger partial charge in [-0.2, -0.15) is 5.26 Å². The maximum atomic E-state index is 11.9. The van der Waals surface area contributed by atoms with Gasteiger partial charge in [0.1, 0.15) is 11.8 Å². The molecule has 0 aliphatic heterocycles. The molecule has 0 amide bonds. The zero-order valence-electron chi connectivity index (χ0n) is 12.0. The van der Waals surface area contributed by atoms with Crippen molar-refractivity contribution in [3.8, 4) is 22.9 Å². The van der Waals surface area contributed by atoms with Crippen LogP contribution in [0.4, 0.5) is 0 Å². The second-order valence-electron chi connectivity index (χ2n) is 4.36. The summed E-state index contributed by atoms with van der Waals surface area (Å²) >= 11 is 0. The van der Waals surface area contributed by atoms with E-state index >= 15 is 0 Å². The molecule has 0 saturated carbocycles. The smallest absolute Gasteiger partial charge is 0.340 e. The van der Waals surface area contributed by atoms with Crippen LogP contribution < -0.4 is 4.74 Å². The Morgan fingerprint density at radius 3 is 2.67 bits per heavy atom. The summed E-state index contributed by atoms with van der Waals surface area (Å²) in [6.45, 7) is 1.82. The Balaban J connectivity index is 2.75. The van der Waals surface area contributed by atoms with Gasteiger partial charge in [-0.3, -0.25) is 4.98 Å². The van der Waals surface area contributed by atoms with Gasteiger partial charge in [0.05, 0.1) is 25.3 Å². The molecule has 0 bridgehead atoms. The summed E-state index contributed by atoms with van der Waals surface area (Å²) < 4.78 is 10.1. The minimum atomic E-state index is -0.484. The zero-order chi connectivity index (χ0) is 15.4. The lowest BCUT2D eigenvalue weighted by Gasteiger charge is -2.13. The van der Waals surface area contributed by atoms with E-state index in [9.17, 15) is 4.79 Å². The number of rotatable bonds is 3. The van der Waals surface area contributed by atoms with E-state index < -0.39 is 5.97 Å². The molecular weight excluding hydrogens is 268 g/mol. The van der Waals surface area contributed by atoms with E-state index in [0.717, 1.165) is 5.69 Å². The predicted octanol–water partition coefficient (Wildman–Crippen LogP) is 2.72. The lowest BCUT2D eigenvalue weighted by Crippen LogP contribution is -2.06. The third kappa shape index (κ3) is 2.70. The van der Waals surface area contributed by atoms with Crippen molar-refractivity contribution in [3.63, 3.8) is 0 Å². The number of pyridine rings is 1. The zero-order valence-corrected chi connectivity index (χ0v) is 12.0. The molecule has 106 valence electrons. The van der Waals surface area contributed by atoms with E-state index in [-0.39, 0.29) is 0 Å². The van der Waals surface area contributed by atoms with Gasteiger partial charge in [-0.1, -0.05) is 12.1 Å². The van der Waals surface area contributed by atoms with E-state index in [1.807, 2.05) is 6.92 Å². The van der Waals surface area contributed by atoms with Crippen molar-refractivity contribution in [3.05, 3.63) is 47.3 Å². The molecule has 2 rings (SSSR count). The third-order valence-corrected chi connectivity index (χ3v) is 3.08. The van der Waals surface area contributed by atoms with Crippen LogP contribution in [-0.2, 0) is 4.74 Å². The molecule has 5 heteroatoms. The molecule has 0 fully saturated rings. The molecule has 2 aromatic rings. The summed E-state index contributed by atoms with van der Waals surface area (Å²) in [5, 5.41) is 9.17. The van der Waals surface area contributed by atoms with Crippen LogP contribution in [0.25, 0.3) is 11.1 Å². The molecule has 21 heavy (non-hydrogen) atoms. The average molecular weight is 282 g/mol. The molecule has 0 aliphatic carbocycles. The fourth-order valence-electron chi connectivity index (χ4n) is 2.11. The number of carbonyl (C=O) groups excluding carboxylic acids is 1. The summed E-state index contributed by atoms with van der Waals surface area (Å²) in [7, 11) is 2.81. The molecule has 5 nitrogen and oxygen atoms in total. The Kier molecular flexibility index (Phi) is 4.19. The third-order valence-electron chi connectivity index (χ3n) is 3.08. The van der Waals surface area contributed by atoms with Gasteiger partial charge in [0.2, 0.25) is 0 Å². The molecule has 0 aliphatic rings. The number of carbonyl (C=O) groups is 1. The van der Waals surface area contributed by atoms with Crippen LogP contribution in [0.3, 0.4) is 0 Å². The van der Waals surface area contributed by atoms with Gasteiger partial charge in [0, 0.05) is 23.0 Å². The first kappa shape index (κ1) is 14.5. The van der Waals surface area contributed by atoms with E-state index in [1.54, 1.807) is 24.3 Å². The van der Waals surface area contributed by atoms with Crippen molar-refractivity contribution < 1.29 is 14.3 Å². The summed E-state index contributed by atoms with van der Waals surface area (Å²) in [6.07, 6.45) is 1.47. The van der Waals surface area contributed by atoms with Gasteiger partial charge in [0.15, 0.2) is 0 Å². The average Bonchev–Trinajstić information content (AvgIpc) is 2.53. The highest BCUT2D eigenvalue weighted by atomic mass is 16.5. The number of methoxy groups -OCH3 is 2. The standard InChI is InChI=1S/C16H14N2O3/c1-10-7-13(14(9-18-10)16(19)21-3)12-6-4-5-11(8-17)15(12)20-2/h4-7,9H,1-3H3. The van der Waals surface area contributed by atoms with Gasteiger partial charge in [-0.25, -0.2) is 4.79 Å². The predicted molar refractivity (Wildman–Crippen MR) is 77.0 cm³/mol. The van der Waals surface area contributed by atoms with Crippen LogP contribution in [-0.4, -0.2) is 25.2 Å². The molecule has 0 saturated heterocycles. The highest BCUT2D eigenvalue weighted by Crippen LogP contribution is 2.35. The fraction of sp³-hybridized carbons (Fsp3) is 0.188. The summed E-state index contributed by atoms with van der Waals surface area (Å²) in [4.78, 5) is 16.0. The van der Waals surface area contributed by atoms with Crippen molar-refractivity contribution in [2.75, 3.05) is 14.2 Å². The number of aromatic nitrogens is 1. The van der Waals surface area contributed by atoms with Gasteiger partial charge in [-0.05, 0) is 19.1 Å². The van der Waals surface area contributed by atoms with Gasteiger partial charge in [0.25, 0.3) is 0 Å². The number of benzene rings is 1. The van der Waals surface area contributed by atoms with Gasteiger partial charge >= 0.3 is 5.97 Å². The number of hydrogen-bond donors (Lipinski definition) is 0. The van der Waals surface area contributed by atoms with Crippen LogP contribution >= 0.6 is 0 Å². The molecule has 0 N–H and O–H groups in total. The lowest BCUT2D eigenvalue weighted by molar-refractivity contribution is 0.0601. The number of esters is 1. The molecule has 0 radical (unpaired) electrons. The van der Waals surface area contributed by atoms with Crippen LogP contribution in [0.2, 0.25) is 0 Å². The van der Waals surface area contributed by atoms with Crippen LogP contribution in [0.15, 0.2) is 30.5 Å². The Bertz CT molecular complexity index is 733. The molecule has 1 aromatic carbocycles. The molecule has 0 spiro atoms. The van der Waals surface area contributed by atoms with E-state index in [4.69, 9.17) is 14.7 Å². The largest absolute Gasteiger partial charge is 0.495 e. The number of nitriles is 1. The van der Waals surface area contributed by atoms with Crippen molar-refractivity contribution in [2.24, 2.45) is 0 Å². The lowest BCUT2D eigenvalue weighted by atomic mass is 9.97. The highest BCUT2D eigenvalue weighted by Gasteiger charge is 2.18. The SMILES string of the molecule is COC(=O)c1cnc(C)cc1-c1cccc(C#N)c1OC. The minimum absolute atomic E-state index is 0.330. The summed E-state index contributed by atoms with van der Waals surface area (Å²) in [6, 6.07) is 9.04. The first-order chi connectivity index (χ1) is 10.1. The van der Waals surface area contributed by atoms with Crippen LogP contribution in [0, 0.1) is 18.3 Å². The Labute approximate surface area is 122 Å². The molecular formula is C16H14N2O3. The first-order valence-electron chi connectivity index (χ1n) is 6.24. The van der Waals surface area contributed by atoms with E-state index in [2.05, 4.69) is 11.1 Å². The maximum Gasteiger partial charge on any atom is 0.340 e. The van der Waals surface area contributed by atoms with Crippen LogP contribution in [0.1, 0.15) is 21.6 Å². The van der Waals surface area contributed by atoms with Crippen molar-refractivity contribution in [2.45, 2.75) is 6.92 Å². The molecule has 1 heterocycles. The Morgan fingerprint density at radius 2 is 2.05 bits per heavy atom.